The van der Waals surface area contributed by atoms with Gasteiger partial charge in [-0.3, -0.25) is 4.79 Å². The fraction of sp³-hybridized carbons (Fsp3) is 0.545. The molecule has 0 aromatic rings. The number of piperazine rings is 1. The first-order valence-electron chi connectivity index (χ1n) is 4.95. The van der Waals surface area contributed by atoms with Crippen molar-refractivity contribution in [3.05, 3.63) is 24.3 Å². The van der Waals surface area contributed by atoms with E-state index in [2.05, 4.69) is 18.5 Å². The van der Waals surface area contributed by atoms with Crippen LogP contribution >= 0.6 is 0 Å². The van der Waals surface area contributed by atoms with Crippen molar-refractivity contribution in [2.45, 2.75) is 6.92 Å². The highest BCUT2D eigenvalue weighted by Crippen LogP contribution is 2.06. The fourth-order valence-corrected chi connectivity index (χ4v) is 1.52. The molecule has 0 saturated carbocycles. The lowest BCUT2D eigenvalue weighted by Crippen LogP contribution is -2.47. The van der Waals surface area contributed by atoms with Crippen molar-refractivity contribution >= 4 is 5.91 Å². The molecule has 0 radical (unpaired) electrons. The van der Waals surface area contributed by atoms with E-state index >= 15 is 0 Å². The molecule has 78 valence electrons. The second-order valence-corrected chi connectivity index (χ2v) is 3.54. The Morgan fingerprint density at radius 2 is 1.86 bits per heavy atom. The van der Waals surface area contributed by atoms with E-state index in [0.717, 1.165) is 26.2 Å². The molecule has 1 heterocycles. The van der Waals surface area contributed by atoms with E-state index in [-0.39, 0.29) is 5.91 Å². The molecule has 1 rings (SSSR count). The summed E-state index contributed by atoms with van der Waals surface area (Å²) in [5.41, 5.74) is 0.703. The number of amides is 1. The van der Waals surface area contributed by atoms with E-state index in [9.17, 15) is 4.79 Å². The highest BCUT2D eigenvalue weighted by molar-refractivity contribution is 5.96. The lowest BCUT2D eigenvalue weighted by molar-refractivity contribution is -0.128. The number of allylic oxidation sites excluding steroid dienone is 1. The quantitative estimate of drug-likeness (QED) is 0.481. The van der Waals surface area contributed by atoms with E-state index in [1.165, 1.54) is 0 Å². The van der Waals surface area contributed by atoms with Gasteiger partial charge >= 0.3 is 0 Å². The molecular formula is C11H18N2O. The van der Waals surface area contributed by atoms with Gasteiger partial charge < -0.3 is 9.80 Å². The van der Waals surface area contributed by atoms with Gasteiger partial charge in [-0.05, 0) is 14.0 Å². The molecule has 0 atom stereocenters. The van der Waals surface area contributed by atoms with Gasteiger partial charge in [-0.2, -0.15) is 0 Å². The molecule has 1 fully saturated rings. The molecule has 1 aliphatic rings. The molecule has 0 aliphatic carbocycles. The summed E-state index contributed by atoms with van der Waals surface area (Å²) >= 11 is 0. The number of hydrogen-bond donors (Lipinski definition) is 0. The summed E-state index contributed by atoms with van der Waals surface area (Å²) in [6, 6.07) is 0. The molecule has 0 aromatic carbocycles. The molecule has 3 nitrogen and oxygen atoms in total. The predicted octanol–water partition coefficient (Wildman–Crippen LogP) is 0.893. The second kappa shape index (κ2) is 4.96. The molecular weight excluding hydrogens is 176 g/mol. The SMILES string of the molecule is C=CC(=CC)C(=O)N1CCN(C)CC1. The monoisotopic (exact) mass is 194 g/mol. The Hall–Kier alpha value is -1.09. The Kier molecular flexibility index (Phi) is 3.89. The van der Waals surface area contributed by atoms with Crippen LogP contribution in [0.4, 0.5) is 0 Å². The van der Waals surface area contributed by atoms with E-state index in [4.69, 9.17) is 0 Å². The Balaban J connectivity index is 2.57. The predicted molar refractivity (Wildman–Crippen MR) is 58.0 cm³/mol. The first-order valence-corrected chi connectivity index (χ1v) is 4.95. The number of nitrogens with zero attached hydrogens (tertiary/aromatic N) is 2. The van der Waals surface area contributed by atoms with Crippen LogP contribution in [-0.2, 0) is 4.79 Å². The summed E-state index contributed by atoms with van der Waals surface area (Å²) in [7, 11) is 2.08. The molecule has 0 bridgehead atoms. The molecule has 0 spiro atoms. The zero-order valence-electron chi connectivity index (χ0n) is 8.99. The fourth-order valence-electron chi connectivity index (χ4n) is 1.52. The topological polar surface area (TPSA) is 23.6 Å². The smallest absolute Gasteiger partial charge is 0.253 e. The first kappa shape index (κ1) is 11.0. The first-order chi connectivity index (χ1) is 6.69. The zero-order chi connectivity index (χ0) is 10.6. The molecule has 14 heavy (non-hydrogen) atoms. The molecule has 0 N–H and O–H groups in total. The van der Waals surface area contributed by atoms with Crippen molar-refractivity contribution in [1.82, 2.24) is 9.80 Å². The number of carbonyl (C=O) groups excluding carboxylic acids is 1. The maximum absolute atomic E-state index is 11.8. The Morgan fingerprint density at radius 3 is 2.29 bits per heavy atom. The van der Waals surface area contributed by atoms with Crippen LogP contribution < -0.4 is 0 Å². The van der Waals surface area contributed by atoms with Crippen molar-refractivity contribution in [2.24, 2.45) is 0 Å². The minimum atomic E-state index is 0.107. The second-order valence-electron chi connectivity index (χ2n) is 3.54. The van der Waals surface area contributed by atoms with Gasteiger partial charge in [0.1, 0.15) is 0 Å². The van der Waals surface area contributed by atoms with Gasteiger partial charge in [0.25, 0.3) is 5.91 Å². The van der Waals surface area contributed by atoms with Crippen LogP contribution in [0.1, 0.15) is 6.92 Å². The summed E-state index contributed by atoms with van der Waals surface area (Å²) in [4.78, 5) is 16.0. The Labute approximate surface area is 85.7 Å². The van der Waals surface area contributed by atoms with E-state index < -0.39 is 0 Å². The molecule has 3 heteroatoms. The molecule has 1 aliphatic heterocycles. The number of hydrogen-bond acceptors (Lipinski definition) is 2. The van der Waals surface area contributed by atoms with Crippen LogP contribution in [0, 0.1) is 0 Å². The molecule has 0 unspecified atom stereocenters. The van der Waals surface area contributed by atoms with Gasteiger partial charge in [0, 0.05) is 31.8 Å². The lowest BCUT2D eigenvalue weighted by atomic mass is 10.2. The molecule has 1 saturated heterocycles. The van der Waals surface area contributed by atoms with E-state index in [1.807, 2.05) is 17.9 Å². The maximum Gasteiger partial charge on any atom is 0.253 e. The standard InChI is InChI=1S/C11H18N2O/c1-4-10(5-2)11(14)13-8-6-12(3)7-9-13/h4-5H,1,6-9H2,2-3H3. The van der Waals surface area contributed by atoms with Crippen LogP contribution in [0.15, 0.2) is 24.3 Å². The average Bonchev–Trinajstić information content (AvgIpc) is 2.20. The molecule has 0 aromatic heterocycles. The number of carbonyl (C=O) groups is 1. The normalized spacial score (nSPS) is 19.6. The van der Waals surface area contributed by atoms with Gasteiger partial charge in [0.15, 0.2) is 0 Å². The minimum Gasteiger partial charge on any atom is -0.336 e. The van der Waals surface area contributed by atoms with Gasteiger partial charge in [-0.25, -0.2) is 0 Å². The summed E-state index contributed by atoms with van der Waals surface area (Å²) in [6.07, 6.45) is 3.44. The largest absolute Gasteiger partial charge is 0.336 e. The summed E-state index contributed by atoms with van der Waals surface area (Å²) in [5, 5.41) is 0. The minimum absolute atomic E-state index is 0.107. The van der Waals surface area contributed by atoms with E-state index in [1.54, 1.807) is 6.08 Å². The highest BCUT2D eigenvalue weighted by atomic mass is 16.2. The Morgan fingerprint density at radius 1 is 1.29 bits per heavy atom. The van der Waals surface area contributed by atoms with E-state index in [0.29, 0.717) is 5.57 Å². The van der Waals surface area contributed by atoms with Crippen LogP contribution in [0.25, 0.3) is 0 Å². The third kappa shape index (κ3) is 2.45. The third-order valence-corrected chi connectivity index (χ3v) is 2.57. The van der Waals surface area contributed by atoms with Crippen molar-refractivity contribution in [2.75, 3.05) is 33.2 Å². The highest BCUT2D eigenvalue weighted by Gasteiger charge is 2.19. The van der Waals surface area contributed by atoms with Gasteiger partial charge in [0.2, 0.25) is 0 Å². The van der Waals surface area contributed by atoms with Crippen molar-refractivity contribution in [3.8, 4) is 0 Å². The van der Waals surface area contributed by atoms with Crippen molar-refractivity contribution < 1.29 is 4.79 Å². The number of rotatable bonds is 2. The van der Waals surface area contributed by atoms with Crippen molar-refractivity contribution in [1.29, 1.82) is 0 Å². The number of likely N-dealkylation sites (N-methyl/N-ethyl adjacent to an activating group) is 1. The van der Waals surface area contributed by atoms with Crippen LogP contribution in [0.5, 0.6) is 0 Å². The van der Waals surface area contributed by atoms with Gasteiger partial charge in [-0.1, -0.05) is 18.7 Å². The van der Waals surface area contributed by atoms with Crippen LogP contribution in [-0.4, -0.2) is 48.9 Å². The van der Waals surface area contributed by atoms with Gasteiger partial charge in [-0.15, -0.1) is 0 Å². The molecule has 1 amide bonds. The Bertz CT molecular complexity index is 250. The maximum atomic E-state index is 11.8. The van der Waals surface area contributed by atoms with Crippen LogP contribution in [0.2, 0.25) is 0 Å². The van der Waals surface area contributed by atoms with Crippen molar-refractivity contribution in [3.63, 3.8) is 0 Å². The van der Waals surface area contributed by atoms with Gasteiger partial charge in [0.05, 0.1) is 0 Å². The third-order valence-electron chi connectivity index (χ3n) is 2.57. The lowest BCUT2D eigenvalue weighted by Gasteiger charge is -2.32. The van der Waals surface area contributed by atoms with Crippen LogP contribution in [0.3, 0.4) is 0 Å². The zero-order valence-corrected chi connectivity index (χ0v) is 8.99. The summed E-state index contributed by atoms with van der Waals surface area (Å²) < 4.78 is 0. The summed E-state index contributed by atoms with van der Waals surface area (Å²) in [5.74, 6) is 0.107. The summed E-state index contributed by atoms with van der Waals surface area (Å²) in [6.45, 7) is 9.06. The average molecular weight is 194 g/mol.